The summed E-state index contributed by atoms with van der Waals surface area (Å²) in [5.41, 5.74) is 1.12. The number of aryl methyl sites for hydroxylation is 1. The van der Waals surface area contributed by atoms with E-state index >= 15 is 0 Å². The van der Waals surface area contributed by atoms with Crippen molar-refractivity contribution in [3.05, 3.63) is 23.0 Å². The molecule has 1 aromatic heterocycles. The molecule has 7 heteroatoms. The first-order chi connectivity index (χ1) is 12.5. The van der Waals surface area contributed by atoms with Crippen LogP contribution in [0.2, 0.25) is 5.02 Å². The van der Waals surface area contributed by atoms with Gasteiger partial charge in [-0.1, -0.05) is 24.4 Å². The maximum Gasteiger partial charge on any atom is 0.220 e. The number of carbonyl (C=O) groups is 1. The summed E-state index contributed by atoms with van der Waals surface area (Å²) < 4.78 is 2.02. The average molecular weight is 382 g/mol. The molecule has 0 bridgehead atoms. The van der Waals surface area contributed by atoms with E-state index in [-0.39, 0.29) is 5.91 Å². The Bertz CT molecular complexity index is 607. The number of nitrogens with one attached hydrogen (secondary N) is 2. The van der Waals surface area contributed by atoms with Crippen LogP contribution in [0.5, 0.6) is 0 Å². The van der Waals surface area contributed by atoms with Gasteiger partial charge in [0.05, 0.1) is 18.1 Å². The van der Waals surface area contributed by atoms with Crippen molar-refractivity contribution in [1.82, 2.24) is 20.1 Å². The van der Waals surface area contributed by atoms with E-state index in [1.54, 1.807) is 0 Å². The van der Waals surface area contributed by atoms with E-state index in [1.165, 1.54) is 25.7 Å². The summed E-state index contributed by atoms with van der Waals surface area (Å²) in [6.07, 6.45) is 7.50. The number of nitrogens with zero attached hydrogens (tertiary/aromatic N) is 3. The third-order valence-corrected chi connectivity index (χ3v) is 5.02. The van der Waals surface area contributed by atoms with Gasteiger partial charge in [0.1, 0.15) is 0 Å². The second kappa shape index (κ2) is 10.5. The lowest BCUT2D eigenvalue weighted by Gasteiger charge is -2.22. The van der Waals surface area contributed by atoms with E-state index in [4.69, 9.17) is 11.6 Å². The van der Waals surface area contributed by atoms with E-state index < -0.39 is 0 Å². The summed E-state index contributed by atoms with van der Waals surface area (Å²) in [7, 11) is 3.99. The fourth-order valence-electron chi connectivity index (χ4n) is 3.42. The van der Waals surface area contributed by atoms with Gasteiger partial charge in [0, 0.05) is 45.5 Å². The molecule has 0 aromatic carbocycles. The Morgan fingerprint density at radius 2 is 2.12 bits per heavy atom. The van der Waals surface area contributed by atoms with Gasteiger partial charge in [-0.25, -0.2) is 0 Å². The molecule has 1 heterocycles. The molecular weight excluding hydrogens is 350 g/mol. The predicted molar refractivity (Wildman–Crippen MR) is 107 cm³/mol. The molecule has 1 amide bonds. The molecule has 0 saturated heterocycles. The number of hydrogen-bond acceptors (Lipinski definition) is 2. The van der Waals surface area contributed by atoms with Gasteiger partial charge in [0.25, 0.3) is 0 Å². The van der Waals surface area contributed by atoms with Gasteiger partial charge >= 0.3 is 0 Å². The minimum Gasteiger partial charge on any atom is -0.357 e. The number of hydrogen-bond donors (Lipinski definition) is 2. The minimum atomic E-state index is 0.156. The highest BCUT2D eigenvalue weighted by Crippen LogP contribution is 2.27. The Kier molecular flexibility index (Phi) is 8.29. The predicted octanol–water partition coefficient (Wildman–Crippen LogP) is 2.77. The SMILES string of the molecule is CCNC(=NCCNC(=O)CC1CCCC1)N(C)Cc1cc(Cl)cn1C. The largest absolute Gasteiger partial charge is 0.357 e. The van der Waals surface area contributed by atoms with Gasteiger partial charge in [-0.2, -0.15) is 0 Å². The average Bonchev–Trinajstić information content (AvgIpc) is 3.20. The van der Waals surface area contributed by atoms with E-state index in [1.807, 2.05) is 37.8 Å². The molecular formula is C19H32ClN5O. The highest BCUT2D eigenvalue weighted by atomic mass is 35.5. The molecule has 0 radical (unpaired) electrons. The molecule has 1 aromatic rings. The summed E-state index contributed by atoms with van der Waals surface area (Å²) in [5.74, 6) is 1.57. The standard InChI is InChI=1S/C19H32ClN5O/c1-4-21-19(25(3)14-17-12-16(20)13-24(17)2)23-10-9-22-18(26)11-15-7-5-6-8-15/h12-13,15H,4-11,14H2,1-3H3,(H,21,23)(H,22,26). The lowest BCUT2D eigenvalue weighted by Crippen LogP contribution is -2.39. The highest BCUT2D eigenvalue weighted by Gasteiger charge is 2.18. The molecule has 26 heavy (non-hydrogen) atoms. The third kappa shape index (κ3) is 6.56. The number of halogens is 1. The summed E-state index contributed by atoms with van der Waals surface area (Å²) >= 11 is 6.06. The van der Waals surface area contributed by atoms with Crippen molar-refractivity contribution in [3.63, 3.8) is 0 Å². The fourth-order valence-corrected chi connectivity index (χ4v) is 3.69. The number of aromatic nitrogens is 1. The number of aliphatic imine (C=N–C) groups is 1. The van der Waals surface area contributed by atoms with Crippen LogP contribution in [0.1, 0.15) is 44.7 Å². The lowest BCUT2D eigenvalue weighted by molar-refractivity contribution is -0.121. The third-order valence-electron chi connectivity index (χ3n) is 4.81. The zero-order valence-electron chi connectivity index (χ0n) is 16.2. The molecule has 2 N–H and O–H groups in total. The van der Waals surface area contributed by atoms with E-state index in [0.29, 0.717) is 32.0 Å². The second-order valence-corrected chi connectivity index (χ2v) is 7.49. The molecule has 1 aliphatic carbocycles. The van der Waals surface area contributed by atoms with Gasteiger partial charge in [-0.3, -0.25) is 9.79 Å². The lowest BCUT2D eigenvalue weighted by atomic mass is 10.0. The van der Waals surface area contributed by atoms with E-state index in [2.05, 4.69) is 20.5 Å². The zero-order chi connectivity index (χ0) is 18.9. The van der Waals surface area contributed by atoms with Crippen molar-refractivity contribution in [1.29, 1.82) is 0 Å². The van der Waals surface area contributed by atoms with Gasteiger partial charge in [0.2, 0.25) is 5.91 Å². The molecule has 2 rings (SSSR count). The first-order valence-corrected chi connectivity index (χ1v) is 9.94. The highest BCUT2D eigenvalue weighted by molar-refractivity contribution is 6.30. The maximum absolute atomic E-state index is 12.0. The van der Waals surface area contributed by atoms with Gasteiger partial charge in [0.15, 0.2) is 5.96 Å². The zero-order valence-corrected chi connectivity index (χ0v) is 17.0. The van der Waals surface area contributed by atoms with Crippen molar-refractivity contribution in [2.75, 3.05) is 26.7 Å². The quantitative estimate of drug-likeness (QED) is 0.413. The molecule has 0 aliphatic heterocycles. The van der Waals surface area contributed by atoms with Crippen LogP contribution in [0.4, 0.5) is 0 Å². The van der Waals surface area contributed by atoms with Crippen LogP contribution >= 0.6 is 11.6 Å². The molecule has 0 spiro atoms. The van der Waals surface area contributed by atoms with Crippen molar-refractivity contribution in [2.45, 2.75) is 45.6 Å². The molecule has 0 atom stereocenters. The molecule has 146 valence electrons. The summed E-state index contributed by atoms with van der Waals surface area (Å²) in [5, 5.41) is 7.03. The van der Waals surface area contributed by atoms with Crippen LogP contribution in [0.25, 0.3) is 0 Å². The number of carbonyl (C=O) groups excluding carboxylic acids is 1. The first kappa shape index (κ1) is 20.6. The van der Waals surface area contributed by atoms with Crippen LogP contribution in [0.3, 0.4) is 0 Å². The van der Waals surface area contributed by atoms with E-state index in [9.17, 15) is 4.79 Å². The van der Waals surface area contributed by atoms with Crippen LogP contribution in [-0.2, 0) is 18.4 Å². The topological polar surface area (TPSA) is 61.7 Å². The summed E-state index contributed by atoms with van der Waals surface area (Å²) in [6.45, 7) is 4.70. The van der Waals surface area contributed by atoms with Gasteiger partial charge in [-0.15, -0.1) is 0 Å². The first-order valence-electron chi connectivity index (χ1n) is 9.56. The van der Waals surface area contributed by atoms with Crippen LogP contribution in [0, 0.1) is 5.92 Å². The number of rotatable bonds is 8. The molecule has 6 nitrogen and oxygen atoms in total. The Morgan fingerprint density at radius 3 is 2.73 bits per heavy atom. The molecule has 1 aliphatic rings. The normalized spacial score (nSPS) is 15.3. The number of amides is 1. The van der Waals surface area contributed by atoms with Crippen molar-refractivity contribution < 1.29 is 4.79 Å². The van der Waals surface area contributed by atoms with Gasteiger partial charge < -0.3 is 20.1 Å². The minimum absolute atomic E-state index is 0.156. The molecule has 0 unspecified atom stereocenters. The Labute approximate surface area is 162 Å². The molecule has 1 saturated carbocycles. The summed E-state index contributed by atoms with van der Waals surface area (Å²) in [6, 6.07) is 1.96. The van der Waals surface area contributed by atoms with Crippen molar-refractivity contribution in [2.24, 2.45) is 18.0 Å². The Morgan fingerprint density at radius 1 is 1.38 bits per heavy atom. The maximum atomic E-state index is 12.0. The van der Waals surface area contributed by atoms with Crippen molar-refractivity contribution >= 4 is 23.5 Å². The Balaban J connectivity index is 1.79. The van der Waals surface area contributed by atoms with Gasteiger partial charge in [-0.05, 0) is 31.7 Å². The second-order valence-electron chi connectivity index (χ2n) is 7.06. The van der Waals surface area contributed by atoms with Crippen LogP contribution in [-0.4, -0.2) is 48.0 Å². The Hall–Kier alpha value is -1.69. The van der Waals surface area contributed by atoms with E-state index in [0.717, 1.165) is 23.2 Å². The summed E-state index contributed by atoms with van der Waals surface area (Å²) in [4.78, 5) is 18.7. The number of guanidine groups is 1. The fraction of sp³-hybridized carbons (Fsp3) is 0.684. The van der Waals surface area contributed by atoms with Crippen LogP contribution in [0.15, 0.2) is 17.3 Å². The monoisotopic (exact) mass is 381 g/mol. The van der Waals surface area contributed by atoms with Crippen LogP contribution < -0.4 is 10.6 Å². The van der Waals surface area contributed by atoms with Crippen molar-refractivity contribution in [3.8, 4) is 0 Å². The molecule has 1 fully saturated rings. The smallest absolute Gasteiger partial charge is 0.220 e.